The van der Waals surface area contributed by atoms with Crippen molar-refractivity contribution in [1.29, 1.82) is 0 Å². The lowest BCUT2D eigenvalue weighted by Gasteiger charge is -2.04. The van der Waals surface area contributed by atoms with Crippen LogP contribution in [-0.4, -0.2) is 8.42 Å². The Morgan fingerprint density at radius 3 is 1.62 bits per heavy atom. The van der Waals surface area contributed by atoms with Gasteiger partial charge in [0.05, 0.1) is 9.79 Å². The van der Waals surface area contributed by atoms with E-state index in [0.717, 1.165) is 11.1 Å². The quantitative estimate of drug-likeness (QED) is 0.633. The van der Waals surface area contributed by atoms with Gasteiger partial charge in [-0.1, -0.05) is 41.6 Å². The Hall–Kier alpha value is -2.54. The molecule has 118 valence electrons. The first kappa shape index (κ1) is 16.3. The summed E-state index contributed by atoms with van der Waals surface area (Å²) < 4.78 is 25.1. The van der Waals surface area contributed by atoms with Gasteiger partial charge >= 0.3 is 0 Å². The molecule has 0 saturated heterocycles. The Bertz CT molecular complexity index is 995. The number of sulfone groups is 1. The maximum Gasteiger partial charge on any atom is 0.206 e. The van der Waals surface area contributed by atoms with E-state index >= 15 is 0 Å². The third-order valence-electron chi connectivity index (χ3n) is 3.41. The molecule has 0 radical (unpaired) electrons. The Morgan fingerprint density at radius 1 is 0.625 bits per heavy atom. The minimum absolute atomic E-state index is 0.218. The van der Waals surface area contributed by atoms with Crippen LogP contribution in [0.1, 0.15) is 11.1 Å². The van der Waals surface area contributed by atoms with E-state index in [-0.39, 0.29) is 9.79 Å². The molecule has 0 bridgehead atoms. The van der Waals surface area contributed by atoms with E-state index < -0.39 is 9.84 Å². The largest absolute Gasteiger partial charge is 0.219 e. The van der Waals surface area contributed by atoms with Gasteiger partial charge in [-0.2, -0.15) is 0 Å². The van der Waals surface area contributed by atoms with Gasteiger partial charge in [0.2, 0.25) is 9.84 Å². The zero-order valence-electron chi connectivity index (χ0n) is 12.6. The standard InChI is InChI=1S/C20H13ClO2S/c21-18-10-14-20(15-11-18)24(22,23)19-12-8-17(9-13-19)7-6-16-4-2-1-3-5-16/h1-5,8-15H. The molecule has 0 spiro atoms. The van der Waals surface area contributed by atoms with Gasteiger partial charge in [-0.05, 0) is 60.7 Å². The predicted octanol–water partition coefficient (Wildman–Crippen LogP) is 4.57. The number of halogens is 1. The molecular weight excluding hydrogens is 340 g/mol. The van der Waals surface area contributed by atoms with Crippen molar-refractivity contribution in [2.75, 3.05) is 0 Å². The Kier molecular flexibility index (Phi) is 4.71. The maximum atomic E-state index is 12.6. The van der Waals surface area contributed by atoms with E-state index in [2.05, 4.69) is 11.8 Å². The highest BCUT2D eigenvalue weighted by Gasteiger charge is 2.16. The van der Waals surface area contributed by atoms with Gasteiger partial charge in [-0.15, -0.1) is 0 Å². The highest BCUT2D eigenvalue weighted by molar-refractivity contribution is 7.91. The van der Waals surface area contributed by atoms with Crippen molar-refractivity contribution in [3.05, 3.63) is 95.0 Å². The molecule has 0 saturated carbocycles. The molecule has 0 heterocycles. The third-order valence-corrected chi connectivity index (χ3v) is 5.45. The average Bonchev–Trinajstić information content (AvgIpc) is 2.61. The summed E-state index contributed by atoms with van der Waals surface area (Å²) in [6.07, 6.45) is 0. The Balaban J connectivity index is 1.87. The van der Waals surface area contributed by atoms with Gasteiger partial charge in [-0.3, -0.25) is 0 Å². The van der Waals surface area contributed by atoms with Crippen molar-refractivity contribution in [2.45, 2.75) is 9.79 Å². The Morgan fingerprint density at radius 2 is 1.08 bits per heavy atom. The van der Waals surface area contributed by atoms with Crippen LogP contribution in [0, 0.1) is 11.8 Å². The zero-order valence-corrected chi connectivity index (χ0v) is 14.2. The van der Waals surface area contributed by atoms with Crippen LogP contribution in [-0.2, 0) is 9.84 Å². The van der Waals surface area contributed by atoms with E-state index in [9.17, 15) is 8.42 Å². The lowest BCUT2D eigenvalue weighted by atomic mass is 10.2. The smallest absolute Gasteiger partial charge is 0.206 e. The first-order valence-electron chi connectivity index (χ1n) is 7.23. The fraction of sp³-hybridized carbons (Fsp3) is 0. The molecule has 0 aromatic heterocycles. The maximum absolute atomic E-state index is 12.6. The summed E-state index contributed by atoms with van der Waals surface area (Å²) in [5.41, 5.74) is 1.67. The molecule has 0 aliphatic rings. The topological polar surface area (TPSA) is 34.1 Å². The molecule has 24 heavy (non-hydrogen) atoms. The summed E-state index contributed by atoms with van der Waals surface area (Å²) >= 11 is 5.80. The molecule has 3 aromatic rings. The van der Waals surface area contributed by atoms with Crippen LogP contribution < -0.4 is 0 Å². The number of rotatable bonds is 2. The van der Waals surface area contributed by atoms with Gasteiger partial charge in [-0.25, -0.2) is 8.42 Å². The Labute approximate surface area is 146 Å². The zero-order chi connectivity index (χ0) is 17.0. The highest BCUT2D eigenvalue weighted by Crippen LogP contribution is 2.22. The second-order valence-corrected chi connectivity index (χ2v) is 7.48. The first-order chi connectivity index (χ1) is 11.6. The molecule has 2 nitrogen and oxygen atoms in total. The molecule has 4 heteroatoms. The van der Waals surface area contributed by atoms with Gasteiger partial charge in [0, 0.05) is 16.1 Å². The molecule has 0 aliphatic heterocycles. The molecule has 0 amide bonds. The minimum atomic E-state index is -3.55. The van der Waals surface area contributed by atoms with Crippen molar-refractivity contribution in [3.63, 3.8) is 0 Å². The van der Waals surface area contributed by atoms with Gasteiger partial charge in [0.25, 0.3) is 0 Å². The van der Waals surface area contributed by atoms with E-state index in [1.807, 2.05) is 30.3 Å². The summed E-state index contributed by atoms with van der Waals surface area (Å²) in [5.74, 6) is 6.07. The van der Waals surface area contributed by atoms with Crippen molar-refractivity contribution >= 4 is 21.4 Å². The fourth-order valence-corrected chi connectivity index (χ4v) is 3.52. The van der Waals surface area contributed by atoms with Crippen LogP contribution in [0.2, 0.25) is 5.02 Å². The molecular formula is C20H13ClO2S. The van der Waals surface area contributed by atoms with E-state index in [1.165, 1.54) is 12.1 Å². The lowest BCUT2D eigenvalue weighted by Crippen LogP contribution is -2.01. The summed E-state index contributed by atoms with van der Waals surface area (Å²) in [7, 11) is -3.55. The highest BCUT2D eigenvalue weighted by atomic mass is 35.5. The summed E-state index contributed by atoms with van der Waals surface area (Å²) in [6, 6.07) is 22.3. The number of hydrogen-bond donors (Lipinski definition) is 0. The minimum Gasteiger partial charge on any atom is -0.219 e. The van der Waals surface area contributed by atoms with Gasteiger partial charge in [0.15, 0.2) is 0 Å². The third kappa shape index (κ3) is 3.68. The summed E-state index contributed by atoms with van der Waals surface area (Å²) in [4.78, 5) is 0.449. The van der Waals surface area contributed by atoms with Crippen LogP contribution in [0.3, 0.4) is 0 Å². The van der Waals surface area contributed by atoms with Crippen LogP contribution >= 0.6 is 11.6 Å². The van der Waals surface area contributed by atoms with Crippen molar-refractivity contribution in [3.8, 4) is 11.8 Å². The average molecular weight is 353 g/mol. The number of hydrogen-bond acceptors (Lipinski definition) is 2. The second-order valence-electron chi connectivity index (χ2n) is 5.10. The summed E-state index contributed by atoms with van der Waals surface area (Å²) in [5, 5.41) is 0.500. The molecule has 0 N–H and O–H groups in total. The second kappa shape index (κ2) is 6.92. The van der Waals surface area contributed by atoms with Crippen LogP contribution in [0.5, 0.6) is 0 Å². The molecule has 0 atom stereocenters. The monoisotopic (exact) mass is 352 g/mol. The molecule has 3 aromatic carbocycles. The van der Waals surface area contributed by atoms with Gasteiger partial charge < -0.3 is 0 Å². The van der Waals surface area contributed by atoms with Crippen molar-refractivity contribution in [2.24, 2.45) is 0 Å². The van der Waals surface area contributed by atoms with E-state index in [1.54, 1.807) is 36.4 Å². The molecule has 3 rings (SSSR count). The van der Waals surface area contributed by atoms with Crippen LogP contribution in [0.4, 0.5) is 0 Å². The van der Waals surface area contributed by atoms with Crippen LogP contribution in [0.25, 0.3) is 0 Å². The summed E-state index contributed by atoms with van der Waals surface area (Å²) in [6.45, 7) is 0. The van der Waals surface area contributed by atoms with Crippen molar-refractivity contribution in [1.82, 2.24) is 0 Å². The van der Waals surface area contributed by atoms with Gasteiger partial charge in [0.1, 0.15) is 0 Å². The predicted molar refractivity (Wildman–Crippen MR) is 95.8 cm³/mol. The van der Waals surface area contributed by atoms with Crippen LogP contribution in [0.15, 0.2) is 88.7 Å². The molecule has 0 unspecified atom stereocenters. The normalized spacial score (nSPS) is 10.7. The molecule has 0 fully saturated rings. The lowest BCUT2D eigenvalue weighted by molar-refractivity contribution is 0.596. The van der Waals surface area contributed by atoms with E-state index in [4.69, 9.17) is 11.6 Å². The number of benzene rings is 3. The van der Waals surface area contributed by atoms with E-state index in [0.29, 0.717) is 5.02 Å². The van der Waals surface area contributed by atoms with Crippen molar-refractivity contribution < 1.29 is 8.42 Å². The fourth-order valence-electron chi connectivity index (χ4n) is 2.13. The first-order valence-corrected chi connectivity index (χ1v) is 9.10. The SMILES string of the molecule is O=S(=O)(c1ccc(Cl)cc1)c1ccc(C#Cc2ccccc2)cc1. The molecule has 0 aliphatic carbocycles.